The molecule has 2 N–H and O–H groups in total. The van der Waals surface area contributed by atoms with E-state index >= 15 is 0 Å². The van der Waals surface area contributed by atoms with Crippen molar-refractivity contribution < 1.29 is 19.1 Å². The fourth-order valence-corrected chi connectivity index (χ4v) is 4.55. The van der Waals surface area contributed by atoms with E-state index in [1.54, 1.807) is 26.5 Å². The molecule has 2 amide bonds. The van der Waals surface area contributed by atoms with Gasteiger partial charge in [0.25, 0.3) is 5.91 Å². The van der Waals surface area contributed by atoms with Crippen LogP contribution in [0.4, 0.5) is 0 Å². The van der Waals surface area contributed by atoms with Crippen molar-refractivity contribution in [2.24, 2.45) is 0 Å². The van der Waals surface area contributed by atoms with E-state index in [1.807, 2.05) is 47.4 Å². The molecule has 0 bridgehead atoms. The predicted octanol–water partition coefficient (Wildman–Crippen LogP) is 4.05. The second-order valence-electron chi connectivity index (χ2n) is 8.91. The molecule has 4 aromatic rings. The van der Waals surface area contributed by atoms with Crippen molar-refractivity contribution in [3.63, 3.8) is 0 Å². The number of hydrogen-bond donors (Lipinski definition) is 2. The molecule has 1 fully saturated rings. The van der Waals surface area contributed by atoms with Crippen LogP contribution in [0.3, 0.4) is 0 Å². The summed E-state index contributed by atoms with van der Waals surface area (Å²) >= 11 is 0. The number of amides is 2. The molecule has 1 aliphatic rings. The zero-order chi connectivity index (χ0) is 25.8. The molecule has 0 radical (unpaired) electrons. The normalized spacial score (nSPS) is 13.2. The lowest BCUT2D eigenvalue weighted by molar-refractivity contribution is -0.127. The molecule has 9 heteroatoms. The topological polar surface area (TPSA) is 109 Å². The fraction of sp³-hybridized carbons (Fsp3) is 0.286. The number of aromatic amines is 1. The van der Waals surface area contributed by atoms with Gasteiger partial charge in [-0.25, -0.2) is 9.97 Å². The summed E-state index contributed by atoms with van der Waals surface area (Å²) in [6.07, 6.45) is 4.02. The van der Waals surface area contributed by atoms with Crippen LogP contribution < -0.4 is 14.8 Å². The van der Waals surface area contributed by atoms with Crippen molar-refractivity contribution in [3.05, 3.63) is 60.3 Å². The van der Waals surface area contributed by atoms with Crippen LogP contribution in [0.2, 0.25) is 0 Å². The van der Waals surface area contributed by atoms with E-state index in [2.05, 4.69) is 15.3 Å². The molecule has 1 aliphatic heterocycles. The van der Waals surface area contributed by atoms with Gasteiger partial charge in [-0.3, -0.25) is 9.59 Å². The lowest BCUT2D eigenvalue weighted by Crippen LogP contribution is -2.30. The Labute approximate surface area is 214 Å². The van der Waals surface area contributed by atoms with Crippen LogP contribution in [-0.2, 0) is 4.79 Å². The van der Waals surface area contributed by atoms with Gasteiger partial charge >= 0.3 is 0 Å². The van der Waals surface area contributed by atoms with E-state index in [9.17, 15) is 9.59 Å². The first-order valence-electron chi connectivity index (χ1n) is 12.3. The Kier molecular flexibility index (Phi) is 7.02. The molecule has 0 aliphatic carbocycles. The first-order valence-corrected chi connectivity index (χ1v) is 12.3. The van der Waals surface area contributed by atoms with Crippen LogP contribution in [0.1, 0.15) is 29.6 Å². The molecular formula is C28H29N5O4. The maximum absolute atomic E-state index is 12.7. The number of likely N-dealkylation sites (tertiary alicyclic amines) is 1. The van der Waals surface area contributed by atoms with Crippen molar-refractivity contribution in [1.29, 1.82) is 0 Å². The summed E-state index contributed by atoms with van der Waals surface area (Å²) in [6.45, 7) is 2.03. The molecule has 0 atom stereocenters. The van der Waals surface area contributed by atoms with Gasteiger partial charge < -0.3 is 24.7 Å². The third-order valence-corrected chi connectivity index (χ3v) is 6.52. The number of methoxy groups -OCH3 is 2. The third-order valence-electron chi connectivity index (χ3n) is 6.52. The zero-order valence-electron chi connectivity index (χ0n) is 20.9. The summed E-state index contributed by atoms with van der Waals surface area (Å²) < 4.78 is 10.7. The first kappa shape index (κ1) is 24.3. The Balaban J connectivity index is 1.29. The van der Waals surface area contributed by atoms with Crippen LogP contribution in [0.15, 0.2) is 54.7 Å². The maximum atomic E-state index is 12.7. The van der Waals surface area contributed by atoms with E-state index < -0.39 is 0 Å². The number of carbonyl (C=O) groups excluding carboxylic acids is 2. The van der Waals surface area contributed by atoms with Gasteiger partial charge in [-0.05, 0) is 61.4 Å². The molecule has 3 heterocycles. The molecular weight excluding hydrogens is 470 g/mol. The molecule has 1 saturated heterocycles. The number of ether oxygens (including phenoxy) is 2. The molecule has 190 valence electrons. The molecule has 0 saturated carbocycles. The molecule has 0 unspecified atom stereocenters. The van der Waals surface area contributed by atoms with Crippen molar-refractivity contribution in [2.75, 3.05) is 33.9 Å². The van der Waals surface area contributed by atoms with Crippen LogP contribution in [0.5, 0.6) is 11.5 Å². The SMILES string of the molecule is COc1ccc(-c2ccnc(-c3cc4cc(C(=O)NCCCN5CCCC5=O)ccc4[nH]3)n2)cc1OC. The summed E-state index contributed by atoms with van der Waals surface area (Å²) in [5.41, 5.74) is 3.85. The second kappa shape index (κ2) is 10.7. The van der Waals surface area contributed by atoms with Crippen LogP contribution in [0.25, 0.3) is 33.7 Å². The first-order chi connectivity index (χ1) is 18.1. The quantitative estimate of drug-likeness (QED) is 0.336. The number of carbonyl (C=O) groups is 2. The van der Waals surface area contributed by atoms with E-state index in [0.717, 1.165) is 47.2 Å². The van der Waals surface area contributed by atoms with E-state index in [-0.39, 0.29) is 11.8 Å². The number of nitrogens with one attached hydrogen (secondary N) is 2. The van der Waals surface area contributed by atoms with Crippen LogP contribution in [-0.4, -0.2) is 65.5 Å². The molecule has 37 heavy (non-hydrogen) atoms. The van der Waals surface area contributed by atoms with Crippen molar-refractivity contribution in [1.82, 2.24) is 25.2 Å². The Morgan fingerprint density at radius 3 is 2.73 bits per heavy atom. The van der Waals surface area contributed by atoms with Crippen LogP contribution >= 0.6 is 0 Å². The number of H-pyrrole nitrogens is 1. The summed E-state index contributed by atoms with van der Waals surface area (Å²) in [6, 6.07) is 15.0. The molecule has 5 rings (SSSR count). The van der Waals surface area contributed by atoms with Gasteiger partial charge in [0.15, 0.2) is 17.3 Å². The van der Waals surface area contributed by atoms with Gasteiger partial charge in [-0.2, -0.15) is 0 Å². The Hall–Kier alpha value is -4.40. The smallest absolute Gasteiger partial charge is 0.251 e. The van der Waals surface area contributed by atoms with Gasteiger partial charge in [0.2, 0.25) is 5.91 Å². The zero-order valence-corrected chi connectivity index (χ0v) is 20.9. The third kappa shape index (κ3) is 5.25. The van der Waals surface area contributed by atoms with Gasteiger partial charge in [0.05, 0.1) is 25.6 Å². The van der Waals surface area contributed by atoms with Crippen molar-refractivity contribution >= 4 is 22.7 Å². The average molecular weight is 500 g/mol. The summed E-state index contributed by atoms with van der Waals surface area (Å²) in [7, 11) is 3.20. The fourth-order valence-electron chi connectivity index (χ4n) is 4.55. The summed E-state index contributed by atoms with van der Waals surface area (Å²) in [4.78, 5) is 38.8. The average Bonchev–Trinajstić information content (AvgIpc) is 3.56. The van der Waals surface area contributed by atoms with Crippen molar-refractivity contribution in [3.8, 4) is 34.3 Å². The minimum absolute atomic E-state index is 0.135. The molecule has 0 spiro atoms. The maximum Gasteiger partial charge on any atom is 0.251 e. The highest BCUT2D eigenvalue weighted by atomic mass is 16.5. The van der Waals surface area contributed by atoms with Gasteiger partial charge in [0, 0.05) is 54.3 Å². The number of benzene rings is 2. The highest BCUT2D eigenvalue weighted by molar-refractivity contribution is 5.98. The Morgan fingerprint density at radius 1 is 1.08 bits per heavy atom. The van der Waals surface area contributed by atoms with E-state index in [0.29, 0.717) is 42.4 Å². The number of fused-ring (bicyclic) bond motifs is 1. The van der Waals surface area contributed by atoms with Crippen molar-refractivity contribution in [2.45, 2.75) is 19.3 Å². The Bertz CT molecular complexity index is 1450. The standard InChI is InChI=1S/C28H29N5O4/c1-36-24-9-7-18(17-25(24)37-2)22-10-12-29-27(32-22)23-16-20-15-19(6-8-21(20)31-23)28(35)30-11-4-14-33-13-3-5-26(33)34/h6-10,12,15-17,31H,3-5,11,13-14H2,1-2H3,(H,30,35). The highest BCUT2D eigenvalue weighted by Gasteiger charge is 2.19. The minimum Gasteiger partial charge on any atom is -0.493 e. The largest absolute Gasteiger partial charge is 0.493 e. The lowest BCUT2D eigenvalue weighted by Gasteiger charge is -2.15. The predicted molar refractivity (Wildman–Crippen MR) is 141 cm³/mol. The van der Waals surface area contributed by atoms with Gasteiger partial charge in [-0.1, -0.05) is 0 Å². The number of rotatable bonds is 9. The number of hydrogen-bond acceptors (Lipinski definition) is 6. The number of nitrogens with zero attached hydrogens (tertiary/aromatic N) is 3. The lowest BCUT2D eigenvalue weighted by atomic mass is 10.1. The van der Waals surface area contributed by atoms with E-state index in [1.165, 1.54) is 0 Å². The number of aromatic nitrogens is 3. The summed E-state index contributed by atoms with van der Waals surface area (Å²) in [5.74, 6) is 1.90. The minimum atomic E-state index is -0.135. The van der Waals surface area contributed by atoms with Gasteiger partial charge in [0.1, 0.15) is 0 Å². The monoisotopic (exact) mass is 499 g/mol. The highest BCUT2D eigenvalue weighted by Crippen LogP contribution is 2.32. The Morgan fingerprint density at radius 2 is 1.95 bits per heavy atom. The van der Waals surface area contributed by atoms with E-state index in [4.69, 9.17) is 14.5 Å². The molecule has 2 aromatic heterocycles. The van der Waals surface area contributed by atoms with Crippen LogP contribution in [0, 0.1) is 0 Å². The molecule has 9 nitrogen and oxygen atoms in total. The second-order valence-corrected chi connectivity index (χ2v) is 8.91. The van der Waals surface area contributed by atoms with Gasteiger partial charge in [-0.15, -0.1) is 0 Å². The summed E-state index contributed by atoms with van der Waals surface area (Å²) in [5, 5.41) is 3.85. The molecule has 2 aromatic carbocycles.